The molecular weight excluding hydrogens is 244 g/mol. The number of nitrogens with zero attached hydrogens (tertiary/aromatic N) is 1. The van der Waals surface area contributed by atoms with Crippen molar-refractivity contribution in [3.63, 3.8) is 0 Å². The van der Waals surface area contributed by atoms with Gasteiger partial charge in [0.25, 0.3) is 0 Å². The molecule has 0 amide bonds. The second-order valence-electron chi connectivity index (χ2n) is 5.10. The molecule has 2 aromatic rings. The van der Waals surface area contributed by atoms with Crippen LogP contribution in [0.15, 0.2) is 30.5 Å². The van der Waals surface area contributed by atoms with Crippen LogP contribution in [-0.2, 0) is 0 Å². The van der Waals surface area contributed by atoms with Crippen LogP contribution >= 0.6 is 12.2 Å². The minimum Gasteiger partial charge on any atom is -0.487 e. The van der Waals surface area contributed by atoms with Crippen LogP contribution in [0.4, 0.5) is 0 Å². The summed E-state index contributed by atoms with van der Waals surface area (Å²) < 4.78 is 6.00. The van der Waals surface area contributed by atoms with Gasteiger partial charge in [-0.05, 0) is 32.9 Å². The Labute approximate surface area is 112 Å². The molecule has 2 rings (SSSR count). The third kappa shape index (κ3) is 2.59. The Balaban J connectivity index is 2.70. The lowest BCUT2D eigenvalue weighted by Crippen LogP contribution is -2.25. The number of nitrogens with two attached hydrogens (primary N) is 1. The van der Waals surface area contributed by atoms with Gasteiger partial charge in [0.15, 0.2) is 0 Å². The zero-order chi connectivity index (χ0) is 13.3. The van der Waals surface area contributed by atoms with Crippen LogP contribution in [0.3, 0.4) is 0 Å². The number of aromatic nitrogens is 1. The summed E-state index contributed by atoms with van der Waals surface area (Å²) in [6, 6.07) is 7.79. The summed E-state index contributed by atoms with van der Waals surface area (Å²) in [7, 11) is 0. The third-order valence-corrected chi connectivity index (χ3v) is 2.62. The van der Waals surface area contributed by atoms with Crippen LogP contribution in [0.1, 0.15) is 26.3 Å². The summed E-state index contributed by atoms with van der Waals surface area (Å²) in [5, 5.41) is 0.928. The van der Waals surface area contributed by atoms with E-state index in [2.05, 4.69) is 4.98 Å². The normalized spacial score (nSPS) is 11.5. The highest BCUT2D eigenvalue weighted by Crippen LogP contribution is 2.31. The molecule has 0 radical (unpaired) electrons. The zero-order valence-electron chi connectivity index (χ0n) is 10.7. The van der Waals surface area contributed by atoms with Crippen LogP contribution < -0.4 is 10.5 Å². The first-order chi connectivity index (χ1) is 8.38. The van der Waals surface area contributed by atoms with E-state index in [4.69, 9.17) is 22.7 Å². The van der Waals surface area contributed by atoms with E-state index in [1.807, 2.05) is 45.0 Å². The molecule has 0 spiro atoms. The number of hydrogen-bond acceptors (Lipinski definition) is 3. The maximum atomic E-state index is 6.00. The molecule has 18 heavy (non-hydrogen) atoms. The smallest absolute Gasteiger partial charge is 0.141 e. The van der Waals surface area contributed by atoms with Crippen molar-refractivity contribution in [2.45, 2.75) is 26.4 Å². The topological polar surface area (TPSA) is 48.1 Å². The molecule has 0 aliphatic carbocycles. The van der Waals surface area contributed by atoms with Gasteiger partial charge in [0.1, 0.15) is 16.3 Å². The highest BCUT2D eigenvalue weighted by Gasteiger charge is 2.18. The van der Waals surface area contributed by atoms with E-state index in [0.29, 0.717) is 16.3 Å². The fraction of sp³-hybridized carbons (Fsp3) is 0.286. The molecule has 0 aliphatic heterocycles. The highest BCUT2D eigenvalue weighted by atomic mass is 32.1. The van der Waals surface area contributed by atoms with Crippen LogP contribution in [0.2, 0.25) is 0 Å². The van der Waals surface area contributed by atoms with Crippen molar-refractivity contribution in [3.05, 3.63) is 36.0 Å². The highest BCUT2D eigenvalue weighted by molar-refractivity contribution is 7.80. The van der Waals surface area contributed by atoms with E-state index >= 15 is 0 Å². The van der Waals surface area contributed by atoms with Crippen molar-refractivity contribution < 1.29 is 4.74 Å². The molecule has 2 N–H and O–H groups in total. The van der Waals surface area contributed by atoms with Crippen molar-refractivity contribution in [1.29, 1.82) is 0 Å². The summed E-state index contributed by atoms with van der Waals surface area (Å²) in [6.07, 6.45) is 1.67. The Morgan fingerprint density at radius 2 is 1.94 bits per heavy atom. The molecule has 0 saturated carbocycles. The number of fused-ring (bicyclic) bond motifs is 1. The Morgan fingerprint density at radius 3 is 2.56 bits per heavy atom. The van der Waals surface area contributed by atoms with Gasteiger partial charge in [-0.25, -0.2) is 0 Å². The first-order valence-electron chi connectivity index (χ1n) is 5.75. The van der Waals surface area contributed by atoms with E-state index in [0.717, 1.165) is 10.9 Å². The number of ether oxygens (including phenoxy) is 1. The summed E-state index contributed by atoms with van der Waals surface area (Å²) in [4.78, 5) is 4.64. The number of pyridine rings is 1. The average Bonchev–Trinajstić information content (AvgIpc) is 2.27. The lowest BCUT2D eigenvalue weighted by atomic mass is 10.1. The predicted octanol–water partition coefficient (Wildman–Crippen LogP) is 3.05. The van der Waals surface area contributed by atoms with E-state index in [1.54, 1.807) is 6.20 Å². The Bertz CT molecular complexity index is 602. The van der Waals surface area contributed by atoms with Gasteiger partial charge in [0.05, 0.1) is 11.1 Å². The number of benzene rings is 1. The van der Waals surface area contributed by atoms with Gasteiger partial charge in [-0.15, -0.1) is 0 Å². The Hall–Kier alpha value is -1.68. The molecule has 0 saturated heterocycles. The Morgan fingerprint density at radius 1 is 1.28 bits per heavy atom. The molecule has 1 aromatic carbocycles. The summed E-state index contributed by atoms with van der Waals surface area (Å²) in [5.41, 5.74) is 6.97. The molecular formula is C14H16N2OS. The summed E-state index contributed by atoms with van der Waals surface area (Å²) in [5.74, 6) is 0.709. The number of para-hydroxylation sites is 1. The van der Waals surface area contributed by atoms with E-state index in [-0.39, 0.29) is 5.60 Å². The summed E-state index contributed by atoms with van der Waals surface area (Å²) in [6.45, 7) is 5.97. The van der Waals surface area contributed by atoms with E-state index in [1.165, 1.54) is 0 Å². The van der Waals surface area contributed by atoms with Gasteiger partial charge in [0, 0.05) is 11.6 Å². The van der Waals surface area contributed by atoms with Crippen molar-refractivity contribution in [2.24, 2.45) is 5.73 Å². The lowest BCUT2D eigenvalue weighted by molar-refractivity contribution is 0.133. The molecule has 4 heteroatoms. The van der Waals surface area contributed by atoms with E-state index in [9.17, 15) is 0 Å². The monoisotopic (exact) mass is 260 g/mol. The van der Waals surface area contributed by atoms with Gasteiger partial charge in [-0.3, -0.25) is 4.98 Å². The molecule has 0 bridgehead atoms. The third-order valence-electron chi connectivity index (χ3n) is 2.40. The first-order valence-corrected chi connectivity index (χ1v) is 6.16. The van der Waals surface area contributed by atoms with Crippen LogP contribution in [0, 0.1) is 0 Å². The van der Waals surface area contributed by atoms with Crippen molar-refractivity contribution in [1.82, 2.24) is 4.98 Å². The second-order valence-corrected chi connectivity index (χ2v) is 5.54. The zero-order valence-corrected chi connectivity index (χ0v) is 11.5. The molecule has 0 aliphatic rings. The maximum absolute atomic E-state index is 6.00. The molecule has 1 aromatic heterocycles. The van der Waals surface area contributed by atoms with Gasteiger partial charge >= 0.3 is 0 Å². The number of thiocarbonyl (C=S) groups is 1. The molecule has 3 nitrogen and oxygen atoms in total. The maximum Gasteiger partial charge on any atom is 0.141 e. The fourth-order valence-corrected chi connectivity index (χ4v) is 1.85. The molecule has 0 unspecified atom stereocenters. The average molecular weight is 260 g/mol. The quantitative estimate of drug-likeness (QED) is 0.843. The minimum atomic E-state index is -0.316. The molecule has 1 heterocycles. The standard InChI is InChI=1S/C14H16N2OS/c1-14(2,3)17-12-9-6-4-5-7-11(9)16-8-10(12)13(15)18/h4-8H,1-3H3,(H2,15,18). The molecule has 0 fully saturated rings. The van der Waals surface area contributed by atoms with Crippen molar-refractivity contribution in [3.8, 4) is 5.75 Å². The number of rotatable bonds is 2. The predicted molar refractivity (Wildman–Crippen MR) is 78.0 cm³/mol. The van der Waals surface area contributed by atoms with Crippen LogP contribution in [0.25, 0.3) is 10.9 Å². The van der Waals surface area contributed by atoms with Crippen molar-refractivity contribution >= 4 is 28.1 Å². The van der Waals surface area contributed by atoms with E-state index < -0.39 is 0 Å². The van der Waals surface area contributed by atoms with Crippen molar-refractivity contribution in [2.75, 3.05) is 0 Å². The Kier molecular flexibility index (Phi) is 3.22. The largest absolute Gasteiger partial charge is 0.487 e. The van der Waals surface area contributed by atoms with Crippen LogP contribution in [0.5, 0.6) is 5.75 Å². The van der Waals surface area contributed by atoms with Gasteiger partial charge < -0.3 is 10.5 Å². The lowest BCUT2D eigenvalue weighted by Gasteiger charge is -2.24. The second kappa shape index (κ2) is 4.53. The minimum absolute atomic E-state index is 0.299. The summed E-state index contributed by atoms with van der Waals surface area (Å²) >= 11 is 5.06. The first kappa shape index (κ1) is 12.8. The van der Waals surface area contributed by atoms with Gasteiger partial charge in [-0.1, -0.05) is 24.4 Å². The van der Waals surface area contributed by atoms with Gasteiger partial charge in [-0.2, -0.15) is 0 Å². The molecule has 94 valence electrons. The van der Waals surface area contributed by atoms with Crippen LogP contribution in [-0.4, -0.2) is 15.6 Å². The number of hydrogen-bond donors (Lipinski definition) is 1. The fourth-order valence-electron chi connectivity index (χ4n) is 1.71. The molecule has 0 atom stereocenters. The van der Waals surface area contributed by atoms with Gasteiger partial charge in [0.2, 0.25) is 0 Å². The SMILES string of the molecule is CC(C)(C)Oc1c(C(N)=S)cnc2ccccc12.